The molecular weight excluding hydrogens is 218 g/mol. The van der Waals surface area contributed by atoms with E-state index in [0.29, 0.717) is 6.04 Å². The topological polar surface area (TPSA) is 12.0 Å². The molecule has 1 heteroatoms. The van der Waals surface area contributed by atoms with E-state index >= 15 is 0 Å². The molecule has 0 spiro atoms. The molecule has 0 amide bonds. The lowest BCUT2D eigenvalue weighted by Crippen LogP contribution is -2.26. The summed E-state index contributed by atoms with van der Waals surface area (Å²) in [5.41, 5.74) is 4.26. The van der Waals surface area contributed by atoms with E-state index in [1.165, 1.54) is 48.9 Å². The largest absolute Gasteiger partial charge is 0.382 e. The van der Waals surface area contributed by atoms with Crippen LogP contribution in [0.1, 0.15) is 57.1 Å². The molecule has 0 unspecified atom stereocenters. The van der Waals surface area contributed by atoms with Gasteiger partial charge < -0.3 is 5.32 Å². The van der Waals surface area contributed by atoms with Crippen LogP contribution in [0.2, 0.25) is 0 Å². The number of nitrogens with one attached hydrogen (secondary N) is 1. The van der Waals surface area contributed by atoms with Crippen molar-refractivity contribution in [1.29, 1.82) is 0 Å². The maximum Gasteiger partial charge on any atom is 0.0404 e. The van der Waals surface area contributed by atoms with Gasteiger partial charge in [0.25, 0.3) is 0 Å². The highest BCUT2D eigenvalue weighted by Gasteiger charge is 2.20. The van der Waals surface area contributed by atoms with Crippen LogP contribution in [-0.2, 0) is 6.42 Å². The quantitative estimate of drug-likeness (QED) is 0.792. The number of anilines is 1. The monoisotopic (exact) mass is 245 g/mol. The average Bonchev–Trinajstić information content (AvgIpc) is 2.42. The first-order valence-corrected chi connectivity index (χ1v) is 7.59. The van der Waals surface area contributed by atoms with Crippen LogP contribution in [0.25, 0.3) is 0 Å². The zero-order valence-electron chi connectivity index (χ0n) is 12.1. The molecule has 0 bridgehead atoms. The Balaban J connectivity index is 2.02. The second-order valence-corrected chi connectivity index (χ2v) is 5.73. The summed E-state index contributed by atoms with van der Waals surface area (Å²) < 4.78 is 0. The number of aryl methyl sites for hydroxylation is 2. The summed E-state index contributed by atoms with van der Waals surface area (Å²) in [4.78, 5) is 0. The Morgan fingerprint density at radius 1 is 1.11 bits per heavy atom. The molecule has 0 heterocycles. The highest BCUT2D eigenvalue weighted by Crippen LogP contribution is 2.30. The summed E-state index contributed by atoms with van der Waals surface area (Å²) in [7, 11) is 0. The summed E-state index contributed by atoms with van der Waals surface area (Å²) in [6.45, 7) is 6.79. The molecule has 0 radical (unpaired) electrons. The highest BCUT2D eigenvalue weighted by atomic mass is 14.9. The zero-order valence-corrected chi connectivity index (χ0v) is 12.1. The minimum atomic E-state index is 0.694. The lowest BCUT2D eigenvalue weighted by atomic mass is 9.84. The van der Waals surface area contributed by atoms with E-state index in [4.69, 9.17) is 0 Å². The van der Waals surface area contributed by atoms with E-state index in [1.54, 1.807) is 0 Å². The van der Waals surface area contributed by atoms with Gasteiger partial charge in [0.05, 0.1) is 0 Å². The fourth-order valence-corrected chi connectivity index (χ4v) is 3.15. The average molecular weight is 245 g/mol. The molecule has 1 saturated carbocycles. The van der Waals surface area contributed by atoms with Gasteiger partial charge >= 0.3 is 0 Å². The molecule has 0 aliphatic heterocycles. The first-order valence-electron chi connectivity index (χ1n) is 7.59. The summed E-state index contributed by atoms with van der Waals surface area (Å²) in [6, 6.07) is 7.35. The molecule has 1 nitrogen and oxygen atoms in total. The molecule has 1 aliphatic rings. The molecule has 0 saturated heterocycles. The number of rotatable bonds is 4. The van der Waals surface area contributed by atoms with Crippen LogP contribution in [0.5, 0.6) is 0 Å². The Kier molecular flexibility index (Phi) is 4.68. The SMILES string of the molecule is CCc1cccc(C)c1NC1CCC(CC)CC1. The molecule has 18 heavy (non-hydrogen) atoms. The lowest BCUT2D eigenvalue weighted by molar-refractivity contribution is 0.330. The van der Waals surface area contributed by atoms with E-state index in [-0.39, 0.29) is 0 Å². The maximum absolute atomic E-state index is 3.81. The summed E-state index contributed by atoms with van der Waals surface area (Å²) in [5.74, 6) is 0.977. The minimum Gasteiger partial charge on any atom is -0.382 e. The number of benzene rings is 1. The fraction of sp³-hybridized carbons (Fsp3) is 0.647. The molecule has 100 valence electrons. The standard InChI is InChI=1S/C17H27N/c1-4-14-9-11-16(12-10-14)18-17-13(3)7-6-8-15(17)5-2/h6-8,14,16,18H,4-5,9-12H2,1-3H3. The van der Waals surface area contributed by atoms with Crippen LogP contribution in [0.4, 0.5) is 5.69 Å². The van der Waals surface area contributed by atoms with Crippen molar-refractivity contribution < 1.29 is 0 Å². The molecule has 1 aromatic rings. The van der Waals surface area contributed by atoms with Gasteiger partial charge in [-0.25, -0.2) is 0 Å². The van der Waals surface area contributed by atoms with Crippen LogP contribution >= 0.6 is 0 Å². The van der Waals surface area contributed by atoms with Crippen molar-refractivity contribution in [3.8, 4) is 0 Å². The van der Waals surface area contributed by atoms with Gasteiger partial charge in [-0.1, -0.05) is 38.5 Å². The molecule has 2 rings (SSSR count). The number of hydrogen-bond donors (Lipinski definition) is 1. The Labute approximate surface area is 112 Å². The van der Waals surface area contributed by atoms with Crippen molar-refractivity contribution >= 4 is 5.69 Å². The van der Waals surface area contributed by atoms with Crippen molar-refractivity contribution in [2.75, 3.05) is 5.32 Å². The van der Waals surface area contributed by atoms with E-state index in [9.17, 15) is 0 Å². The lowest BCUT2D eigenvalue weighted by Gasteiger charge is -2.30. The van der Waals surface area contributed by atoms with Crippen LogP contribution in [0.15, 0.2) is 18.2 Å². The second kappa shape index (κ2) is 6.26. The van der Waals surface area contributed by atoms with Gasteiger partial charge in [0.1, 0.15) is 0 Å². The third kappa shape index (κ3) is 3.07. The van der Waals surface area contributed by atoms with E-state index < -0.39 is 0 Å². The van der Waals surface area contributed by atoms with Crippen LogP contribution in [0.3, 0.4) is 0 Å². The van der Waals surface area contributed by atoms with Crippen molar-refractivity contribution in [2.45, 2.75) is 65.3 Å². The van der Waals surface area contributed by atoms with Gasteiger partial charge in [-0.05, 0) is 56.1 Å². The predicted molar refractivity (Wildman–Crippen MR) is 80.2 cm³/mol. The molecule has 0 atom stereocenters. The maximum atomic E-state index is 3.81. The van der Waals surface area contributed by atoms with Crippen LogP contribution in [-0.4, -0.2) is 6.04 Å². The smallest absolute Gasteiger partial charge is 0.0404 e. The molecular formula is C17H27N. The normalized spacial score (nSPS) is 23.9. The summed E-state index contributed by atoms with van der Waals surface area (Å²) in [5, 5.41) is 3.81. The van der Waals surface area contributed by atoms with Gasteiger partial charge in [-0.15, -0.1) is 0 Å². The van der Waals surface area contributed by atoms with Gasteiger partial charge in [-0.2, -0.15) is 0 Å². The van der Waals surface area contributed by atoms with E-state index in [1.807, 2.05) is 0 Å². The van der Waals surface area contributed by atoms with Crippen molar-refractivity contribution in [3.05, 3.63) is 29.3 Å². The molecule has 1 fully saturated rings. The Morgan fingerprint density at radius 2 is 1.83 bits per heavy atom. The van der Waals surface area contributed by atoms with Gasteiger partial charge in [-0.3, -0.25) is 0 Å². The number of hydrogen-bond acceptors (Lipinski definition) is 1. The summed E-state index contributed by atoms with van der Waals surface area (Å²) in [6.07, 6.45) is 7.97. The Hall–Kier alpha value is -0.980. The molecule has 0 aromatic heterocycles. The van der Waals surface area contributed by atoms with Gasteiger partial charge in [0, 0.05) is 11.7 Å². The summed E-state index contributed by atoms with van der Waals surface area (Å²) >= 11 is 0. The highest BCUT2D eigenvalue weighted by molar-refractivity contribution is 5.57. The first-order chi connectivity index (χ1) is 8.74. The third-order valence-electron chi connectivity index (χ3n) is 4.51. The van der Waals surface area contributed by atoms with Crippen LogP contribution in [0, 0.1) is 12.8 Å². The molecule has 1 aliphatic carbocycles. The molecule has 1 aromatic carbocycles. The fourth-order valence-electron chi connectivity index (χ4n) is 3.15. The minimum absolute atomic E-state index is 0.694. The van der Waals surface area contributed by atoms with E-state index in [2.05, 4.69) is 44.3 Å². The van der Waals surface area contributed by atoms with E-state index in [0.717, 1.165) is 12.3 Å². The van der Waals surface area contributed by atoms with Crippen LogP contribution < -0.4 is 5.32 Å². The third-order valence-corrected chi connectivity index (χ3v) is 4.51. The molecule has 1 N–H and O–H groups in total. The van der Waals surface area contributed by atoms with Crippen molar-refractivity contribution in [2.24, 2.45) is 5.92 Å². The van der Waals surface area contributed by atoms with Crippen molar-refractivity contribution in [3.63, 3.8) is 0 Å². The second-order valence-electron chi connectivity index (χ2n) is 5.73. The zero-order chi connectivity index (χ0) is 13.0. The van der Waals surface area contributed by atoms with Gasteiger partial charge in [0.15, 0.2) is 0 Å². The predicted octanol–water partition coefficient (Wildman–Crippen LogP) is 4.94. The Bertz CT molecular complexity index is 375. The first kappa shape index (κ1) is 13.5. The number of para-hydroxylation sites is 1. The Morgan fingerprint density at radius 3 is 2.44 bits per heavy atom. The van der Waals surface area contributed by atoms with Gasteiger partial charge in [0.2, 0.25) is 0 Å². The van der Waals surface area contributed by atoms with Crippen molar-refractivity contribution in [1.82, 2.24) is 0 Å².